The number of hydrogen-bond acceptors (Lipinski definition) is 1. The van der Waals surface area contributed by atoms with Gasteiger partial charge in [0, 0.05) is 21.2 Å². The average molecular weight is 271 g/mol. The topological polar surface area (TPSA) is 20.2 Å². The molecule has 0 aliphatic heterocycles. The monoisotopic (exact) mass is 270 g/mol. The molecule has 0 fully saturated rings. The fourth-order valence-corrected chi connectivity index (χ4v) is 2.01. The van der Waals surface area contributed by atoms with Gasteiger partial charge >= 0.3 is 0 Å². The van der Waals surface area contributed by atoms with E-state index in [0.29, 0.717) is 15.6 Å². The van der Waals surface area contributed by atoms with Gasteiger partial charge in [0.05, 0.1) is 0 Å². The van der Waals surface area contributed by atoms with Crippen LogP contribution in [0, 0.1) is 5.82 Å². The highest BCUT2D eigenvalue weighted by atomic mass is 35.5. The number of hydrogen-bond donors (Lipinski definition) is 1. The first-order valence-corrected chi connectivity index (χ1v) is 5.72. The predicted octanol–water partition coefficient (Wildman–Crippen LogP) is 4.21. The van der Waals surface area contributed by atoms with Gasteiger partial charge in [-0.3, -0.25) is 0 Å². The van der Waals surface area contributed by atoms with Crippen LogP contribution >= 0.6 is 23.2 Å². The van der Waals surface area contributed by atoms with Crippen molar-refractivity contribution >= 4 is 23.2 Å². The third kappa shape index (κ3) is 2.60. The van der Waals surface area contributed by atoms with E-state index in [4.69, 9.17) is 23.2 Å². The van der Waals surface area contributed by atoms with Crippen molar-refractivity contribution in [3.63, 3.8) is 0 Å². The van der Waals surface area contributed by atoms with Gasteiger partial charge in [0.1, 0.15) is 11.9 Å². The van der Waals surface area contributed by atoms with Crippen molar-refractivity contribution in [3.05, 3.63) is 69.5 Å². The number of benzene rings is 2. The maximum absolute atomic E-state index is 13.6. The Morgan fingerprint density at radius 2 is 1.71 bits per heavy atom. The molecule has 0 saturated carbocycles. The van der Waals surface area contributed by atoms with E-state index < -0.39 is 11.9 Å². The Bertz CT molecular complexity index is 543. The summed E-state index contributed by atoms with van der Waals surface area (Å²) in [4.78, 5) is 0. The van der Waals surface area contributed by atoms with Gasteiger partial charge in [-0.05, 0) is 24.3 Å². The highest BCUT2D eigenvalue weighted by Gasteiger charge is 2.17. The number of aliphatic hydroxyl groups excluding tert-OH is 1. The number of rotatable bonds is 2. The smallest absolute Gasteiger partial charge is 0.129 e. The van der Waals surface area contributed by atoms with Gasteiger partial charge in [-0.25, -0.2) is 4.39 Å². The molecule has 17 heavy (non-hydrogen) atoms. The summed E-state index contributed by atoms with van der Waals surface area (Å²) in [7, 11) is 0. The Kier molecular flexibility index (Phi) is 3.67. The van der Waals surface area contributed by atoms with Gasteiger partial charge in [-0.1, -0.05) is 41.4 Å². The number of halogens is 3. The van der Waals surface area contributed by atoms with E-state index in [2.05, 4.69) is 0 Å². The van der Waals surface area contributed by atoms with E-state index in [0.717, 1.165) is 0 Å². The Labute approximate surface area is 108 Å². The van der Waals surface area contributed by atoms with E-state index in [1.807, 2.05) is 0 Å². The van der Waals surface area contributed by atoms with Crippen molar-refractivity contribution in [3.8, 4) is 0 Å². The molecule has 2 aromatic rings. The molecule has 2 aromatic carbocycles. The molecule has 0 aromatic heterocycles. The minimum absolute atomic E-state index is 0.116. The van der Waals surface area contributed by atoms with E-state index in [9.17, 15) is 9.50 Å². The fraction of sp³-hybridized carbons (Fsp3) is 0.0769. The van der Waals surface area contributed by atoms with E-state index in [1.165, 1.54) is 18.2 Å². The summed E-state index contributed by atoms with van der Waals surface area (Å²) in [5.74, 6) is -0.512. The van der Waals surface area contributed by atoms with E-state index in [-0.39, 0.29) is 5.56 Å². The van der Waals surface area contributed by atoms with Crippen LogP contribution in [-0.4, -0.2) is 5.11 Å². The molecular weight excluding hydrogens is 262 g/mol. The van der Waals surface area contributed by atoms with Crippen LogP contribution in [0.15, 0.2) is 42.5 Å². The lowest BCUT2D eigenvalue weighted by Crippen LogP contribution is -2.03. The molecular formula is C13H9Cl2FO. The van der Waals surface area contributed by atoms with Crippen molar-refractivity contribution in [2.75, 3.05) is 0 Å². The molecule has 88 valence electrons. The van der Waals surface area contributed by atoms with Gasteiger partial charge in [0.15, 0.2) is 0 Å². The quantitative estimate of drug-likeness (QED) is 0.867. The lowest BCUT2D eigenvalue weighted by molar-refractivity contribution is 0.215. The minimum atomic E-state index is -1.12. The van der Waals surface area contributed by atoms with Gasteiger partial charge in [0.2, 0.25) is 0 Å². The van der Waals surface area contributed by atoms with Gasteiger partial charge < -0.3 is 5.11 Å². The van der Waals surface area contributed by atoms with Crippen LogP contribution in [-0.2, 0) is 0 Å². The zero-order valence-corrected chi connectivity index (χ0v) is 10.2. The summed E-state index contributed by atoms with van der Waals surface area (Å²) in [6.45, 7) is 0. The maximum Gasteiger partial charge on any atom is 0.129 e. The van der Waals surface area contributed by atoms with Crippen LogP contribution < -0.4 is 0 Å². The lowest BCUT2D eigenvalue weighted by Gasteiger charge is -2.14. The zero-order chi connectivity index (χ0) is 12.4. The molecule has 1 N–H and O–H groups in total. The van der Waals surface area contributed by atoms with Gasteiger partial charge in [-0.15, -0.1) is 0 Å². The van der Waals surface area contributed by atoms with E-state index in [1.54, 1.807) is 24.3 Å². The Morgan fingerprint density at radius 1 is 1.00 bits per heavy atom. The van der Waals surface area contributed by atoms with Crippen molar-refractivity contribution in [2.45, 2.75) is 6.10 Å². The van der Waals surface area contributed by atoms with Crippen LogP contribution in [0.1, 0.15) is 17.2 Å². The largest absolute Gasteiger partial charge is 0.383 e. The summed E-state index contributed by atoms with van der Waals surface area (Å²) in [5, 5.41) is 10.9. The third-order valence-corrected chi connectivity index (χ3v) is 3.03. The SMILES string of the molecule is OC(c1cc(Cl)ccc1F)c1ccccc1Cl. The van der Waals surface area contributed by atoms with Crippen molar-refractivity contribution < 1.29 is 9.50 Å². The van der Waals surface area contributed by atoms with Crippen LogP contribution in [0.25, 0.3) is 0 Å². The van der Waals surface area contributed by atoms with E-state index >= 15 is 0 Å². The first kappa shape index (κ1) is 12.4. The Balaban J connectivity index is 2.47. The molecule has 1 nitrogen and oxygen atoms in total. The van der Waals surface area contributed by atoms with Crippen molar-refractivity contribution in [2.24, 2.45) is 0 Å². The average Bonchev–Trinajstić information content (AvgIpc) is 2.32. The van der Waals surface area contributed by atoms with Crippen LogP contribution in [0.4, 0.5) is 4.39 Å². The molecule has 4 heteroatoms. The van der Waals surface area contributed by atoms with Gasteiger partial charge in [0.25, 0.3) is 0 Å². The Hall–Kier alpha value is -1.09. The molecule has 0 bridgehead atoms. The third-order valence-electron chi connectivity index (χ3n) is 2.45. The highest BCUT2D eigenvalue weighted by Crippen LogP contribution is 2.30. The fourth-order valence-electron chi connectivity index (χ4n) is 1.59. The van der Waals surface area contributed by atoms with Gasteiger partial charge in [-0.2, -0.15) is 0 Å². The molecule has 0 heterocycles. The Morgan fingerprint density at radius 3 is 2.41 bits per heavy atom. The maximum atomic E-state index is 13.6. The normalized spacial score (nSPS) is 12.5. The molecule has 0 aliphatic carbocycles. The highest BCUT2D eigenvalue weighted by molar-refractivity contribution is 6.31. The standard InChI is InChI=1S/C13H9Cl2FO/c14-8-5-6-12(16)10(7-8)13(17)9-3-1-2-4-11(9)15/h1-7,13,17H. The predicted molar refractivity (Wildman–Crippen MR) is 66.9 cm³/mol. The second-order valence-corrected chi connectivity index (χ2v) is 4.43. The van der Waals surface area contributed by atoms with Crippen LogP contribution in [0.5, 0.6) is 0 Å². The second-order valence-electron chi connectivity index (χ2n) is 3.59. The molecule has 0 radical (unpaired) electrons. The van der Waals surface area contributed by atoms with Crippen molar-refractivity contribution in [1.29, 1.82) is 0 Å². The lowest BCUT2D eigenvalue weighted by atomic mass is 10.0. The first-order valence-electron chi connectivity index (χ1n) is 4.97. The number of aliphatic hydroxyl groups is 1. The van der Waals surface area contributed by atoms with Crippen LogP contribution in [0.3, 0.4) is 0 Å². The summed E-state index contributed by atoms with van der Waals surface area (Å²) in [6.07, 6.45) is -1.12. The van der Waals surface area contributed by atoms with Crippen LogP contribution in [0.2, 0.25) is 10.0 Å². The summed E-state index contributed by atoms with van der Waals surface area (Å²) in [5.41, 5.74) is 0.570. The van der Waals surface area contributed by atoms with Crippen molar-refractivity contribution in [1.82, 2.24) is 0 Å². The minimum Gasteiger partial charge on any atom is -0.383 e. The molecule has 0 aliphatic rings. The molecule has 1 atom stereocenters. The molecule has 1 unspecified atom stereocenters. The molecule has 2 rings (SSSR count). The first-order chi connectivity index (χ1) is 8.09. The molecule has 0 amide bonds. The summed E-state index contributed by atoms with van der Waals surface area (Å²) >= 11 is 11.7. The zero-order valence-electron chi connectivity index (χ0n) is 8.70. The molecule has 0 spiro atoms. The summed E-state index contributed by atoms with van der Waals surface area (Å²) in [6, 6.07) is 10.8. The summed E-state index contributed by atoms with van der Waals surface area (Å²) < 4.78 is 13.6. The molecule has 0 saturated heterocycles. The second kappa shape index (κ2) is 5.05.